The van der Waals surface area contributed by atoms with Gasteiger partial charge in [0.1, 0.15) is 0 Å². The molecule has 0 amide bonds. The van der Waals surface area contributed by atoms with Crippen LogP contribution >= 0.6 is 37.2 Å². The van der Waals surface area contributed by atoms with E-state index in [-0.39, 0.29) is 37.2 Å². The minimum Gasteiger partial charge on any atom is -0.154 e. The predicted molar refractivity (Wildman–Crippen MR) is 27.8 cm³/mol. The largest absolute Gasteiger partial charge is 0.154 e. The number of halogens is 3. The van der Waals surface area contributed by atoms with E-state index < -0.39 is 0 Å². The van der Waals surface area contributed by atoms with E-state index in [2.05, 4.69) is 5.59 Å². The maximum atomic E-state index is 7.50. The molecule has 0 radical (unpaired) electrons. The third-order valence-corrected chi connectivity index (χ3v) is 0. The first-order valence-corrected chi connectivity index (χ1v) is 0.204. The highest BCUT2D eigenvalue weighted by Gasteiger charge is 0.588. The van der Waals surface area contributed by atoms with Crippen LogP contribution in [-0.4, -0.2) is 0 Å². The van der Waals surface area contributed by atoms with Gasteiger partial charge in [0.15, 0.2) is 0 Å². The fraction of sp³-hybridized carbons (Fsp3) is 0. The van der Waals surface area contributed by atoms with Gasteiger partial charge in [-0.15, -0.1) is 37.2 Å². The lowest BCUT2D eigenvalue weighted by Crippen LogP contribution is -0.649. The molecule has 5 heavy (non-hydrogen) atoms. The molecule has 0 aliphatic heterocycles. The molecule has 5 heteroatoms. The van der Waals surface area contributed by atoms with Gasteiger partial charge in [-0.1, -0.05) is 5.59 Å². The normalized spacial score (nSPS) is 0.800. The summed E-state index contributed by atoms with van der Waals surface area (Å²) in [5.41, 5.74) is 4.50. The zero-order valence-corrected chi connectivity index (χ0v) is 4.58. The van der Waals surface area contributed by atoms with Crippen molar-refractivity contribution in [3.05, 3.63) is 4.91 Å². The highest BCUT2D eigenvalue weighted by atomic mass is 35.5. The molecule has 0 aliphatic carbocycles. The van der Waals surface area contributed by atoms with Gasteiger partial charge in [0.05, 0.1) is 0 Å². The van der Waals surface area contributed by atoms with E-state index in [1.165, 1.54) is 0 Å². The van der Waals surface area contributed by atoms with Crippen LogP contribution in [0.25, 0.3) is 0 Å². The smallest absolute Gasteiger partial charge is 0.0850 e. The molecule has 0 aromatic rings. The SMILES string of the molecule is Cl.Cl.Cl.N=O. The summed E-state index contributed by atoms with van der Waals surface area (Å²) in [5.74, 6) is 0. The van der Waals surface area contributed by atoms with Gasteiger partial charge in [0, 0.05) is 0 Å². The summed E-state index contributed by atoms with van der Waals surface area (Å²) in [5, 5.41) is 0. The van der Waals surface area contributed by atoms with E-state index >= 15 is 0 Å². The Hall–Kier alpha value is 0.470. The van der Waals surface area contributed by atoms with Gasteiger partial charge in [0.2, 0.25) is 0 Å². The zero-order valence-electron chi connectivity index (χ0n) is 2.13. The van der Waals surface area contributed by atoms with Crippen LogP contribution in [0, 0.1) is 10.5 Å². The third kappa shape index (κ3) is 123. The lowest BCUT2D eigenvalue weighted by Gasteiger charge is -0.827. The summed E-state index contributed by atoms with van der Waals surface area (Å²) in [6.07, 6.45) is 0. The Kier molecular flexibility index (Phi) is 2460. The second-order valence-corrected chi connectivity index (χ2v) is 0. The van der Waals surface area contributed by atoms with Gasteiger partial charge in [-0.05, 0) is 0 Å². The Bertz CT molecular complexity index is 6.85. The molecule has 1 N–H and O–H groups in total. The van der Waals surface area contributed by atoms with Crippen molar-refractivity contribution in [2.24, 2.45) is 0 Å². The van der Waals surface area contributed by atoms with Gasteiger partial charge in [-0.25, -0.2) is 0 Å². The topological polar surface area (TPSA) is 40.9 Å². The minimum absolute atomic E-state index is 0. The molecule has 0 unspecified atom stereocenters. The van der Waals surface area contributed by atoms with Crippen LogP contribution in [0.5, 0.6) is 0 Å². The molecule has 36 valence electrons. The molecule has 0 aromatic carbocycles. The van der Waals surface area contributed by atoms with Crippen molar-refractivity contribution in [3.8, 4) is 0 Å². The average Bonchev–Trinajstić information content (AvgIpc) is 1.00. The van der Waals surface area contributed by atoms with E-state index in [0.29, 0.717) is 0 Å². The molecule has 0 atom stereocenters. The van der Waals surface area contributed by atoms with Crippen LogP contribution in [0.4, 0.5) is 0 Å². The molecular formula is H4Cl3NO. The Balaban J connectivity index is -0.00000000167. The molecule has 0 saturated heterocycles. The van der Waals surface area contributed by atoms with E-state index in [1.807, 2.05) is 0 Å². The number of nitrogens with one attached hydrogen (secondary N) is 1. The van der Waals surface area contributed by atoms with E-state index in [4.69, 9.17) is 4.91 Å². The fourth-order valence-electron chi connectivity index (χ4n) is 0. The summed E-state index contributed by atoms with van der Waals surface area (Å²) in [6.45, 7) is 0. The van der Waals surface area contributed by atoms with Crippen LogP contribution in [-0.2, 0) is 0 Å². The predicted octanol–water partition coefficient (Wildman–Crippen LogP) is 1.60. The second-order valence-electron chi connectivity index (χ2n) is 0. The summed E-state index contributed by atoms with van der Waals surface area (Å²) in [6, 6.07) is 0. The highest BCUT2D eigenvalue weighted by molar-refractivity contribution is 5.86. The van der Waals surface area contributed by atoms with Gasteiger partial charge in [-0.3, -0.25) is 0 Å². The van der Waals surface area contributed by atoms with Crippen LogP contribution in [0.15, 0.2) is 0 Å². The van der Waals surface area contributed by atoms with Crippen molar-refractivity contribution in [2.45, 2.75) is 0 Å². The molecule has 0 bridgehead atoms. The van der Waals surface area contributed by atoms with Crippen LogP contribution in [0.1, 0.15) is 0 Å². The molecule has 0 rings (SSSR count). The molecule has 0 aromatic heterocycles. The Labute approximate surface area is 48.3 Å². The number of rotatable bonds is 0. The Morgan fingerprint density at radius 3 is 0.800 bits per heavy atom. The number of hydrogen-bond donors (Lipinski definition) is 1. The van der Waals surface area contributed by atoms with Gasteiger partial charge >= 0.3 is 0 Å². The molecule has 0 fully saturated rings. The van der Waals surface area contributed by atoms with E-state index in [0.717, 1.165) is 0 Å². The quantitative estimate of drug-likeness (QED) is 0.510. The fourth-order valence-corrected chi connectivity index (χ4v) is 0. The van der Waals surface area contributed by atoms with Gasteiger partial charge in [0.25, 0.3) is 0 Å². The minimum atomic E-state index is 0. The number of nitroso groups, excluding NO2 is 1. The van der Waals surface area contributed by atoms with Crippen molar-refractivity contribution in [3.63, 3.8) is 0 Å². The lowest BCUT2D eigenvalue weighted by atomic mass is 13.8. The van der Waals surface area contributed by atoms with E-state index in [1.54, 1.807) is 0 Å². The summed E-state index contributed by atoms with van der Waals surface area (Å²) < 4.78 is 0. The van der Waals surface area contributed by atoms with Crippen molar-refractivity contribution < 1.29 is 0 Å². The summed E-state index contributed by atoms with van der Waals surface area (Å²) in [7, 11) is 0. The zero-order chi connectivity index (χ0) is 2.00. The van der Waals surface area contributed by atoms with Crippen LogP contribution < -0.4 is 0 Å². The number of hydrogen-bond acceptors (Lipinski definition) is 2. The van der Waals surface area contributed by atoms with Crippen LogP contribution in [0.3, 0.4) is 0 Å². The highest BCUT2D eigenvalue weighted by Crippen LogP contribution is 0.766. The lowest BCUT2D eigenvalue weighted by molar-refractivity contribution is 1.49. The third-order valence-electron chi connectivity index (χ3n) is 0. The maximum Gasteiger partial charge on any atom is -0.0850 e. The van der Waals surface area contributed by atoms with Crippen molar-refractivity contribution in [1.82, 2.24) is 0 Å². The maximum absolute atomic E-state index is 7.50. The standard InChI is InChI=1S/3ClH.HNO/c;;;1-2/h3*1H;1H. The monoisotopic (exact) mass is 139 g/mol. The molecule has 0 spiro atoms. The van der Waals surface area contributed by atoms with Gasteiger partial charge in [-0.2, -0.15) is 4.91 Å². The first-order valence-electron chi connectivity index (χ1n) is 0.204. The van der Waals surface area contributed by atoms with E-state index in [9.17, 15) is 0 Å². The molecule has 0 aliphatic rings. The Morgan fingerprint density at radius 2 is 0.800 bits per heavy atom. The first kappa shape index (κ1) is 50.6. The summed E-state index contributed by atoms with van der Waals surface area (Å²) in [4.78, 5) is 7.50. The second kappa shape index (κ2) is 244. The molecular weight excluding hydrogens is 136 g/mol. The molecule has 0 saturated carbocycles. The Morgan fingerprint density at radius 1 is 0.800 bits per heavy atom. The van der Waals surface area contributed by atoms with Crippen molar-refractivity contribution >= 4 is 37.2 Å². The van der Waals surface area contributed by atoms with Crippen LogP contribution in [0.2, 0.25) is 0 Å². The van der Waals surface area contributed by atoms with Crippen molar-refractivity contribution in [2.75, 3.05) is 0 Å². The van der Waals surface area contributed by atoms with Crippen molar-refractivity contribution in [1.29, 1.82) is 5.59 Å². The molecule has 0 heterocycles. The molecule has 2 nitrogen and oxygen atoms in total. The van der Waals surface area contributed by atoms with Gasteiger partial charge < -0.3 is 0 Å². The summed E-state index contributed by atoms with van der Waals surface area (Å²) >= 11 is 0. The average molecular weight is 140 g/mol. The first-order chi connectivity index (χ1) is 1.00.